The van der Waals surface area contributed by atoms with Gasteiger partial charge in [0.05, 0.1) is 6.61 Å². The third-order valence-electron chi connectivity index (χ3n) is 2.26. The van der Waals surface area contributed by atoms with E-state index in [0.29, 0.717) is 18.4 Å². The summed E-state index contributed by atoms with van der Waals surface area (Å²) in [6.45, 7) is 4.37. The molecule has 0 radical (unpaired) electrons. The van der Waals surface area contributed by atoms with E-state index in [0.717, 1.165) is 11.3 Å². The Morgan fingerprint density at radius 3 is 2.71 bits per heavy atom. The van der Waals surface area contributed by atoms with Gasteiger partial charge in [-0.1, -0.05) is 30.3 Å². The minimum absolute atomic E-state index is 0.500. The molecule has 0 aliphatic heterocycles. The average Bonchev–Trinajstić information content (AvgIpc) is 2.70. The van der Waals surface area contributed by atoms with Crippen molar-refractivity contribution in [1.82, 2.24) is 4.98 Å². The van der Waals surface area contributed by atoms with Crippen molar-refractivity contribution in [3.63, 3.8) is 0 Å². The number of hydrogen-bond acceptors (Lipinski definition) is 3. The zero-order chi connectivity index (χ0) is 12.1. The van der Waals surface area contributed by atoms with Crippen molar-refractivity contribution in [2.45, 2.75) is 13.8 Å². The Morgan fingerprint density at radius 2 is 2.00 bits per heavy atom. The summed E-state index contributed by atoms with van der Waals surface area (Å²) < 4.78 is 10.8. The molecule has 1 aromatic carbocycles. The molecule has 0 bridgehead atoms. The van der Waals surface area contributed by atoms with Crippen molar-refractivity contribution >= 4 is 12.2 Å². The Bertz CT molecular complexity index is 500. The molecule has 0 fully saturated rings. The van der Waals surface area contributed by atoms with Crippen LogP contribution in [0.4, 0.5) is 0 Å². The second-order valence-electron chi connectivity index (χ2n) is 3.60. The van der Waals surface area contributed by atoms with Crippen LogP contribution < -0.4 is 4.74 Å². The zero-order valence-electron chi connectivity index (χ0n) is 10.0. The first kappa shape index (κ1) is 11.5. The largest absolute Gasteiger partial charge is 0.464 e. The molecule has 2 aromatic rings. The highest BCUT2D eigenvalue weighted by Gasteiger charge is 2.07. The summed E-state index contributed by atoms with van der Waals surface area (Å²) >= 11 is 0. The van der Waals surface area contributed by atoms with Crippen LogP contribution in [-0.4, -0.2) is 11.6 Å². The van der Waals surface area contributed by atoms with E-state index in [-0.39, 0.29) is 0 Å². The molecule has 0 atom stereocenters. The van der Waals surface area contributed by atoms with Crippen molar-refractivity contribution in [3.05, 3.63) is 47.5 Å². The Balaban J connectivity index is 2.14. The number of hydrogen-bond donors (Lipinski definition) is 0. The topological polar surface area (TPSA) is 35.3 Å². The highest BCUT2D eigenvalue weighted by atomic mass is 16.6. The van der Waals surface area contributed by atoms with E-state index in [2.05, 4.69) is 4.98 Å². The first-order valence-electron chi connectivity index (χ1n) is 5.63. The van der Waals surface area contributed by atoms with E-state index in [9.17, 15) is 0 Å². The van der Waals surface area contributed by atoms with Gasteiger partial charge in [0.1, 0.15) is 5.69 Å². The normalized spacial score (nSPS) is 10.9. The van der Waals surface area contributed by atoms with Crippen LogP contribution >= 0.6 is 0 Å². The van der Waals surface area contributed by atoms with Crippen LogP contribution in [0.3, 0.4) is 0 Å². The molecule has 0 N–H and O–H groups in total. The molecule has 0 aliphatic rings. The quantitative estimate of drug-likeness (QED) is 0.804. The lowest BCUT2D eigenvalue weighted by molar-refractivity contribution is 0.254. The minimum Gasteiger partial charge on any atom is -0.464 e. The van der Waals surface area contributed by atoms with Gasteiger partial charge in [0.2, 0.25) is 5.89 Å². The van der Waals surface area contributed by atoms with Gasteiger partial charge in [-0.15, -0.1) is 0 Å². The highest BCUT2D eigenvalue weighted by Crippen LogP contribution is 2.20. The maximum atomic E-state index is 5.46. The molecule has 3 nitrogen and oxygen atoms in total. The summed E-state index contributed by atoms with van der Waals surface area (Å²) in [5, 5.41) is 0. The van der Waals surface area contributed by atoms with Gasteiger partial charge >= 0.3 is 5.95 Å². The SMILES string of the molecule is CCOc1oc(/C=C/c2ccccc2)nc1C. The van der Waals surface area contributed by atoms with Crippen LogP contribution in [0.5, 0.6) is 5.95 Å². The summed E-state index contributed by atoms with van der Waals surface area (Å²) in [6, 6.07) is 10.0. The zero-order valence-corrected chi connectivity index (χ0v) is 10.0. The molecular formula is C14H15NO2. The van der Waals surface area contributed by atoms with Gasteiger partial charge in [-0.3, -0.25) is 0 Å². The van der Waals surface area contributed by atoms with Gasteiger partial charge < -0.3 is 9.15 Å². The fourth-order valence-corrected chi connectivity index (χ4v) is 1.47. The molecular weight excluding hydrogens is 214 g/mol. The summed E-state index contributed by atoms with van der Waals surface area (Å²) in [5.41, 5.74) is 1.89. The smallest absolute Gasteiger partial charge is 0.308 e. The minimum atomic E-state index is 0.500. The number of aromatic nitrogens is 1. The Kier molecular flexibility index (Phi) is 3.60. The number of ether oxygens (including phenoxy) is 1. The van der Waals surface area contributed by atoms with Crippen LogP contribution in [0.1, 0.15) is 24.1 Å². The number of rotatable bonds is 4. The fourth-order valence-electron chi connectivity index (χ4n) is 1.47. The molecule has 1 heterocycles. The molecule has 0 saturated carbocycles. The van der Waals surface area contributed by atoms with E-state index in [1.54, 1.807) is 0 Å². The van der Waals surface area contributed by atoms with Crippen molar-refractivity contribution in [2.24, 2.45) is 0 Å². The van der Waals surface area contributed by atoms with E-state index >= 15 is 0 Å². The summed E-state index contributed by atoms with van der Waals surface area (Å²) in [4.78, 5) is 4.27. The lowest BCUT2D eigenvalue weighted by Crippen LogP contribution is -1.90. The first-order valence-corrected chi connectivity index (χ1v) is 5.63. The lowest BCUT2D eigenvalue weighted by Gasteiger charge is -1.95. The predicted molar refractivity (Wildman–Crippen MR) is 67.8 cm³/mol. The van der Waals surface area contributed by atoms with Crippen LogP contribution in [0.15, 0.2) is 34.7 Å². The maximum absolute atomic E-state index is 5.46. The number of aryl methyl sites for hydroxylation is 1. The summed E-state index contributed by atoms with van der Waals surface area (Å²) in [5.74, 6) is 1.06. The van der Waals surface area contributed by atoms with Gasteiger partial charge in [0, 0.05) is 6.08 Å². The first-order chi connectivity index (χ1) is 8.29. The van der Waals surface area contributed by atoms with Gasteiger partial charge in [0.15, 0.2) is 0 Å². The number of nitrogens with zero attached hydrogens (tertiary/aromatic N) is 1. The molecule has 0 aliphatic carbocycles. The Labute approximate surface area is 101 Å². The second kappa shape index (κ2) is 5.34. The molecule has 88 valence electrons. The van der Waals surface area contributed by atoms with Crippen LogP contribution in [0.25, 0.3) is 12.2 Å². The van der Waals surface area contributed by atoms with E-state index < -0.39 is 0 Å². The molecule has 17 heavy (non-hydrogen) atoms. The predicted octanol–water partition coefficient (Wildman–Crippen LogP) is 3.55. The molecule has 0 spiro atoms. The summed E-state index contributed by atoms with van der Waals surface area (Å²) in [6.07, 6.45) is 3.80. The summed E-state index contributed by atoms with van der Waals surface area (Å²) in [7, 11) is 0. The number of oxazole rings is 1. The molecule has 0 amide bonds. The maximum Gasteiger partial charge on any atom is 0.308 e. The second-order valence-corrected chi connectivity index (χ2v) is 3.60. The molecule has 0 saturated heterocycles. The van der Waals surface area contributed by atoms with E-state index in [1.165, 1.54) is 0 Å². The van der Waals surface area contributed by atoms with Crippen molar-refractivity contribution in [2.75, 3.05) is 6.61 Å². The highest BCUT2D eigenvalue weighted by molar-refractivity contribution is 5.66. The molecule has 1 aromatic heterocycles. The molecule has 2 rings (SSSR count). The van der Waals surface area contributed by atoms with Crippen LogP contribution in [0.2, 0.25) is 0 Å². The lowest BCUT2D eigenvalue weighted by atomic mass is 10.2. The Morgan fingerprint density at radius 1 is 1.24 bits per heavy atom. The average molecular weight is 229 g/mol. The van der Waals surface area contributed by atoms with E-state index in [1.807, 2.05) is 56.3 Å². The third kappa shape index (κ3) is 2.97. The Hall–Kier alpha value is -2.03. The van der Waals surface area contributed by atoms with Crippen molar-refractivity contribution in [3.8, 4) is 5.95 Å². The fraction of sp³-hybridized carbons (Fsp3) is 0.214. The van der Waals surface area contributed by atoms with Gasteiger partial charge in [-0.25, -0.2) is 4.98 Å². The van der Waals surface area contributed by atoms with Gasteiger partial charge in [0.25, 0.3) is 0 Å². The molecule has 0 unspecified atom stereocenters. The van der Waals surface area contributed by atoms with Crippen LogP contribution in [-0.2, 0) is 0 Å². The van der Waals surface area contributed by atoms with Crippen molar-refractivity contribution in [1.29, 1.82) is 0 Å². The molecule has 3 heteroatoms. The van der Waals surface area contributed by atoms with Gasteiger partial charge in [-0.05, 0) is 25.5 Å². The van der Waals surface area contributed by atoms with E-state index in [4.69, 9.17) is 9.15 Å². The standard InChI is InChI=1S/C14H15NO2/c1-3-16-14-11(2)15-13(17-14)10-9-12-7-5-4-6-8-12/h4-10H,3H2,1-2H3/b10-9+. The monoisotopic (exact) mass is 229 g/mol. The third-order valence-corrected chi connectivity index (χ3v) is 2.26. The van der Waals surface area contributed by atoms with Crippen LogP contribution in [0, 0.1) is 6.92 Å². The van der Waals surface area contributed by atoms with Gasteiger partial charge in [-0.2, -0.15) is 0 Å². The number of benzene rings is 1. The van der Waals surface area contributed by atoms with Crippen molar-refractivity contribution < 1.29 is 9.15 Å².